The minimum atomic E-state index is -0.0236. The van der Waals surface area contributed by atoms with Crippen molar-refractivity contribution in [3.05, 3.63) is 48.4 Å². The number of hydrogen-bond donors (Lipinski definition) is 2. The Morgan fingerprint density at radius 2 is 1.92 bits per heavy atom. The van der Waals surface area contributed by atoms with Gasteiger partial charge in [-0.05, 0) is 32.9 Å². The van der Waals surface area contributed by atoms with Crippen molar-refractivity contribution in [1.82, 2.24) is 29.5 Å². The van der Waals surface area contributed by atoms with Gasteiger partial charge in [-0.2, -0.15) is 10.2 Å². The van der Waals surface area contributed by atoms with Gasteiger partial charge in [-0.15, -0.1) is 0 Å². The van der Waals surface area contributed by atoms with Gasteiger partial charge in [0.1, 0.15) is 11.6 Å². The highest BCUT2D eigenvalue weighted by Gasteiger charge is 2.16. The number of nitrogens with zero attached hydrogens (tertiary/aromatic N) is 5. The summed E-state index contributed by atoms with van der Waals surface area (Å²) in [6.45, 7) is 7.08. The predicted octanol–water partition coefficient (Wildman–Crippen LogP) is 3.53. The SMILES string of the molecule is Cn1ncc(-c2nc3ccccc3[nH]2)c1NCc1cnn(C(C)(C)C)c1. The van der Waals surface area contributed by atoms with Crippen LogP contribution in [0, 0.1) is 0 Å². The second-order valence-corrected chi connectivity index (χ2v) is 7.45. The molecule has 0 unspecified atom stereocenters. The zero-order valence-corrected chi connectivity index (χ0v) is 15.5. The van der Waals surface area contributed by atoms with E-state index < -0.39 is 0 Å². The van der Waals surface area contributed by atoms with Crippen LogP contribution in [-0.4, -0.2) is 29.5 Å². The molecule has 4 aromatic rings. The molecule has 7 nitrogen and oxygen atoms in total. The molecule has 0 fully saturated rings. The van der Waals surface area contributed by atoms with E-state index in [1.54, 1.807) is 0 Å². The lowest BCUT2D eigenvalue weighted by molar-refractivity contribution is 0.355. The molecule has 0 saturated carbocycles. The van der Waals surface area contributed by atoms with Gasteiger partial charge in [0.05, 0.1) is 34.5 Å². The first-order valence-corrected chi connectivity index (χ1v) is 8.67. The number of para-hydroxylation sites is 2. The third kappa shape index (κ3) is 2.96. The summed E-state index contributed by atoms with van der Waals surface area (Å²) in [5.74, 6) is 1.74. The fourth-order valence-corrected chi connectivity index (χ4v) is 2.90. The van der Waals surface area contributed by atoms with Crippen LogP contribution in [0.2, 0.25) is 0 Å². The highest BCUT2D eigenvalue weighted by molar-refractivity contribution is 5.81. The molecule has 0 bridgehead atoms. The number of nitrogens with one attached hydrogen (secondary N) is 2. The number of aromatic nitrogens is 6. The van der Waals surface area contributed by atoms with Crippen molar-refractivity contribution in [1.29, 1.82) is 0 Å². The van der Waals surface area contributed by atoms with Gasteiger partial charge in [0, 0.05) is 25.4 Å². The van der Waals surface area contributed by atoms with E-state index in [2.05, 4.69) is 52.5 Å². The monoisotopic (exact) mass is 349 g/mol. The fourth-order valence-electron chi connectivity index (χ4n) is 2.90. The van der Waals surface area contributed by atoms with Crippen LogP contribution in [0.1, 0.15) is 26.3 Å². The maximum atomic E-state index is 4.68. The lowest BCUT2D eigenvalue weighted by atomic mass is 10.1. The molecule has 0 spiro atoms. The van der Waals surface area contributed by atoms with Crippen LogP contribution >= 0.6 is 0 Å². The maximum Gasteiger partial charge on any atom is 0.143 e. The summed E-state index contributed by atoms with van der Waals surface area (Å²) in [5, 5.41) is 12.3. The Labute approximate surface area is 152 Å². The van der Waals surface area contributed by atoms with Crippen LogP contribution in [0.15, 0.2) is 42.9 Å². The number of anilines is 1. The van der Waals surface area contributed by atoms with E-state index in [9.17, 15) is 0 Å². The normalized spacial score (nSPS) is 12.0. The Morgan fingerprint density at radius 1 is 1.12 bits per heavy atom. The molecule has 3 aromatic heterocycles. The molecule has 0 amide bonds. The van der Waals surface area contributed by atoms with Gasteiger partial charge in [-0.3, -0.25) is 9.36 Å². The first-order chi connectivity index (χ1) is 12.4. The Bertz CT molecular complexity index is 1010. The van der Waals surface area contributed by atoms with Gasteiger partial charge in [0.25, 0.3) is 0 Å². The van der Waals surface area contributed by atoms with E-state index in [-0.39, 0.29) is 5.54 Å². The van der Waals surface area contributed by atoms with Crippen molar-refractivity contribution in [2.45, 2.75) is 32.9 Å². The molecular weight excluding hydrogens is 326 g/mol. The molecule has 26 heavy (non-hydrogen) atoms. The van der Waals surface area contributed by atoms with E-state index in [1.165, 1.54) is 0 Å². The Kier molecular flexibility index (Phi) is 3.79. The van der Waals surface area contributed by atoms with E-state index in [0.29, 0.717) is 6.54 Å². The second kappa shape index (κ2) is 6.01. The number of aromatic amines is 1. The Balaban J connectivity index is 1.59. The van der Waals surface area contributed by atoms with Gasteiger partial charge in [-0.1, -0.05) is 12.1 Å². The zero-order valence-electron chi connectivity index (χ0n) is 15.5. The summed E-state index contributed by atoms with van der Waals surface area (Å²) in [6.07, 6.45) is 5.80. The smallest absolute Gasteiger partial charge is 0.143 e. The number of imidazole rings is 1. The first kappa shape index (κ1) is 16.4. The average Bonchev–Trinajstić information content (AvgIpc) is 3.30. The topological polar surface area (TPSA) is 76.3 Å². The lowest BCUT2D eigenvalue weighted by Crippen LogP contribution is -2.22. The van der Waals surface area contributed by atoms with E-state index >= 15 is 0 Å². The van der Waals surface area contributed by atoms with Crippen molar-refractivity contribution >= 4 is 16.9 Å². The van der Waals surface area contributed by atoms with Crippen LogP contribution in [0.4, 0.5) is 5.82 Å². The molecule has 0 radical (unpaired) electrons. The molecule has 2 N–H and O–H groups in total. The molecule has 0 aliphatic carbocycles. The van der Waals surface area contributed by atoms with Crippen molar-refractivity contribution in [3.8, 4) is 11.4 Å². The molecule has 7 heteroatoms. The molecule has 4 rings (SSSR count). The van der Waals surface area contributed by atoms with Crippen LogP contribution in [0.3, 0.4) is 0 Å². The van der Waals surface area contributed by atoms with Crippen molar-refractivity contribution in [2.24, 2.45) is 7.05 Å². The molecule has 0 aliphatic heterocycles. The Hall–Kier alpha value is -3.09. The molecule has 0 saturated heterocycles. The third-order valence-corrected chi connectivity index (χ3v) is 4.37. The number of fused-ring (bicyclic) bond motifs is 1. The molecule has 134 valence electrons. The number of aryl methyl sites for hydroxylation is 1. The quantitative estimate of drug-likeness (QED) is 0.591. The minimum Gasteiger partial charge on any atom is -0.365 e. The molecule has 0 aliphatic rings. The van der Waals surface area contributed by atoms with Crippen LogP contribution in [0.25, 0.3) is 22.4 Å². The van der Waals surface area contributed by atoms with Gasteiger partial charge in [0.2, 0.25) is 0 Å². The van der Waals surface area contributed by atoms with E-state index in [0.717, 1.165) is 33.8 Å². The largest absolute Gasteiger partial charge is 0.365 e. The summed E-state index contributed by atoms with van der Waals surface area (Å²) in [7, 11) is 1.92. The Morgan fingerprint density at radius 3 is 2.65 bits per heavy atom. The van der Waals surface area contributed by atoms with Crippen LogP contribution in [0.5, 0.6) is 0 Å². The lowest BCUT2D eigenvalue weighted by Gasteiger charge is -2.18. The summed E-state index contributed by atoms with van der Waals surface area (Å²) < 4.78 is 3.81. The summed E-state index contributed by atoms with van der Waals surface area (Å²) in [5.41, 5.74) is 4.01. The van der Waals surface area contributed by atoms with Crippen molar-refractivity contribution < 1.29 is 0 Å². The standard InChI is InChI=1S/C19H23N7/c1-19(2,3)26-12-13(10-22-26)9-20-18-14(11-21-25(18)4)17-23-15-7-5-6-8-16(15)24-17/h5-8,10-12,20H,9H2,1-4H3,(H,23,24). The molecule has 1 aromatic carbocycles. The molecular formula is C19H23N7. The van der Waals surface area contributed by atoms with Crippen molar-refractivity contribution in [3.63, 3.8) is 0 Å². The average molecular weight is 349 g/mol. The van der Waals surface area contributed by atoms with E-state index in [4.69, 9.17) is 0 Å². The number of hydrogen-bond acceptors (Lipinski definition) is 4. The predicted molar refractivity (Wildman–Crippen MR) is 103 cm³/mol. The van der Waals surface area contributed by atoms with Gasteiger partial charge < -0.3 is 10.3 Å². The highest BCUT2D eigenvalue weighted by Crippen LogP contribution is 2.27. The van der Waals surface area contributed by atoms with Gasteiger partial charge >= 0.3 is 0 Å². The fraction of sp³-hybridized carbons (Fsp3) is 0.316. The summed E-state index contributed by atoms with van der Waals surface area (Å²) in [4.78, 5) is 8.05. The highest BCUT2D eigenvalue weighted by atomic mass is 15.3. The second-order valence-electron chi connectivity index (χ2n) is 7.45. The molecule has 0 atom stereocenters. The summed E-state index contributed by atoms with van der Waals surface area (Å²) >= 11 is 0. The van der Waals surface area contributed by atoms with Gasteiger partial charge in [-0.25, -0.2) is 4.98 Å². The number of rotatable bonds is 4. The van der Waals surface area contributed by atoms with Crippen LogP contribution < -0.4 is 5.32 Å². The minimum absolute atomic E-state index is 0.0236. The molecule has 3 heterocycles. The van der Waals surface area contributed by atoms with Crippen molar-refractivity contribution in [2.75, 3.05) is 5.32 Å². The maximum absolute atomic E-state index is 4.68. The number of H-pyrrole nitrogens is 1. The zero-order chi connectivity index (χ0) is 18.3. The third-order valence-electron chi connectivity index (χ3n) is 4.37. The van der Waals surface area contributed by atoms with Gasteiger partial charge in [0.15, 0.2) is 0 Å². The first-order valence-electron chi connectivity index (χ1n) is 8.67. The van der Waals surface area contributed by atoms with Crippen LogP contribution in [-0.2, 0) is 19.1 Å². The summed E-state index contributed by atoms with van der Waals surface area (Å²) in [6, 6.07) is 8.01. The number of benzene rings is 1. The van der Waals surface area contributed by atoms with E-state index in [1.807, 2.05) is 53.1 Å².